The number of unbranched alkanes of at least 4 members (excludes halogenated alkanes) is 6. The van der Waals surface area contributed by atoms with Crippen molar-refractivity contribution in [2.24, 2.45) is 5.92 Å². The number of esters is 1. The molecule has 0 N–H and O–H groups in total. The van der Waals surface area contributed by atoms with E-state index >= 15 is 0 Å². The molecule has 1 atom stereocenters. The highest BCUT2D eigenvalue weighted by Crippen LogP contribution is 2.13. The first-order valence-corrected chi connectivity index (χ1v) is 10.8. The van der Waals surface area contributed by atoms with Gasteiger partial charge in [-0.2, -0.15) is 0 Å². The molecule has 0 aromatic heterocycles. The zero-order valence-electron chi connectivity index (χ0n) is 16.8. The van der Waals surface area contributed by atoms with Gasteiger partial charge in [0.2, 0.25) is 0 Å². The molecule has 3 heteroatoms. The molecule has 0 aliphatic heterocycles. The minimum atomic E-state index is -0.202. The van der Waals surface area contributed by atoms with E-state index in [1.165, 1.54) is 38.5 Å². The third-order valence-electron chi connectivity index (χ3n) is 4.17. The molecule has 0 fully saturated rings. The Morgan fingerprint density at radius 1 is 0.846 bits per heavy atom. The van der Waals surface area contributed by atoms with E-state index in [4.69, 9.17) is 17.0 Å². The van der Waals surface area contributed by atoms with Gasteiger partial charge in [0.1, 0.15) is 0 Å². The summed E-state index contributed by atoms with van der Waals surface area (Å²) in [5, 5.41) is 1.56. The molecule has 0 aliphatic carbocycles. The van der Waals surface area contributed by atoms with Crippen molar-refractivity contribution in [2.75, 3.05) is 6.61 Å². The first-order valence-electron chi connectivity index (χ1n) is 10.3. The Morgan fingerprint density at radius 2 is 1.42 bits per heavy atom. The molecule has 0 amide bonds. The van der Waals surface area contributed by atoms with Gasteiger partial charge in [-0.15, -0.1) is 0 Å². The molecule has 0 aromatic rings. The van der Waals surface area contributed by atoms with Gasteiger partial charge in [0.25, 0.3) is 0 Å². The molecule has 1 unspecified atom stereocenters. The first-order chi connectivity index (χ1) is 12.8. The third-order valence-corrected chi connectivity index (χ3v) is 4.50. The van der Waals surface area contributed by atoms with Crippen molar-refractivity contribution < 1.29 is 9.53 Å². The predicted molar refractivity (Wildman–Crippen MR) is 118 cm³/mol. The molecule has 26 heavy (non-hydrogen) atoms. The summed E-state index contributed by atoms with van der Waals surface area (Å²) < 4.78 is 5.02. The molecule has 0 spiro atoms. The summed E-state index contributed by atoms with van der Waals surface area (Å²) >= 11 is 4.93. The molecule has 0 bridgehead atoms. The number of hydrogen-bond acceptors (Lipinski definition) is 3. The van der Waals surface area contributed by atoms with Gasteiger partial charge >= 0.3 is 5.97 Å². The molecule has 0 saturated heterocycles. The molecule has 2 nitrogen and oxygen atoms in total. The fraction of sp³-hybridized carbons (Fsp3) is 0.652. The number of carbonyl (C=O) groups is 1. The second kappa shape index (κ2) is 20.1. The summed E-state index contributed by atoms with van der Waals surface area (Å²) in [6.45, 7) is 4.42. The molecule has 0 heterocycles. The van der Waals surface area contributed by atoms with E-state index in [1.54, 1.807) is 5.37 Å². The summed E-state index contributed by atoms with van der Waals surface area (Å²) in [5.74, 6) is -0.367. The number of ether oxygens (including phenoxy) is 1. The fourth-order valence-corrected chi connectivity index (χ4v) is 2.90. The highest BCUT2D eigenvalue weighted by molar-refractivity contribution is 7.79. The van der Waals surface area contributed by atoms with Crippen LogP contribution in [0.3, 0.4) is 0 Å². The zero-order valence-corrected chi connectivity index (χ0v) is 17.6. The number of rotatable bonds is 17. The second-order valence-corrected chi connectivity index (χ2v) is 6.76. The Balaban J connectivity index is 3.45. The van der Waals surface area contributed by atoms with Crippen molar-refractivity contribution >= 4 is 23.6 Å². The lowest BCUT2D eigenvalue weighted by Crippen LogP contribution is -2.18. The van der Waals surface area contributed by atoms with Crippen LogP contribution in [0.5, 0.6) is 0 Å². The van der Waals surface area contributed by atoms with Crippen LogP contribution in [0, 0.1) is 5.92 Å². The van der Waals surface area contributed by atoms with E-state index in [0.29, 0.717) is 6.61 Å². The maximum absolute atomic E-state index is 11.6. The van der Waals surface area contributed by atoms with Crippen LogP contribution < -0.4 is 0 Å². The Bertz CT molecular complexity index is 424. The van der Waals surface area contributed by atoms with E-state index in [2.05, 4.69) is 43.4 Å². The molecule has 0 rings (SSSR count). The Morgan fingerprint density at radius 3 is 2.04 bits per heavy atom. The fourth-order valence-electron chi connectivity index (χ4n) is 2.65. The summed E-state index contributed by atoms with van der Waals surface area (Å²) in [6.07, 6.45) is 26.0. The highest BCUT2D eigenvalue weighted by atomic mass is 32.1. The quantitative estimate of drug-likeness (QED) is 0.116. The largest absolute Gasteiger partial charge is 0.466 e. The predicted octanol–water partition coefficient (Wildman–Crippen LogP) is 7.15. The van der Waals surface area contributed by atoms with Crippen molar-refractivity contribution in [3.05, 3.63) is 36.5 Å². The standard InChI is InChI=1S/C23H38O2S/c1-3-5-6-7-8-9-10-11-12-13-14-15-16-17-18-19-20-22(21-26)23(24)25-4-2/h5-6,8-9,11-12,21-22H,3-4,7,10,13-20H2,1-2H3. The van der Waals surface area contributed by atoms with Gasteiger partial charge in [-0.1, -0.05) is 87.7 Å². The smallest absolute Gasteiger partial charge is 0.313 e. The number of hydrogen-bond donors (Lipinski definition) is 0. The topological polar surface area (TPSA) is 26.3 Å². The van der Waals surface area contributed by atoms with Crippen molar-refractivity contribution in [3.8, 4) is 0 Å². The van der Waals surface area contributed by atoms with Crippen molar-refractivity contribution in [2.45, 2.75) is 84.5 Å². The van der Waals surface area contributed by atoms with Crippen LogP contribution in [0.4, 0.5) is 0 Å². The first kappa shape index (κ1) is 24.8. The Labute approximate surface area is 166 Å². The van der Waals surface area contributed by atoms with E-state index in [9.17, 15) is 4.79 Å². The van der Waals surface area contributed by atoms with Crippen molar-refractivity contribution in [1.82, 2.24) is 0 Å². The lowest BCUT2D eigenvalue weighted by Gasteiger charge is -2.10. The number of allylic oxidation sites excluding steroid dienone is 6. The summed E-state index contributed by atoms with van der Waals surface area (Å²) in [7, 11) is 0. The minimum Gasteiger partial charge on any atom is -0.466 e. The number of carbonyl (C=O) groups excluding carboxylic acids is 1. The second-order valence-electron chi connectivity index (χ2n) is 6.49. The summed E-state index contributed by atoms with van der Waals surface area (Å²) in [5.41, 5.74) is 0. The van der Waals surface area contributed by atoms with E-state index in [0.717, 1.165) is 32.1 Å². The maximum atomic E-state index is 11.6. The lowest BCUT2D eigenvalue weighted by atomic mass is 10.0. The van der Waals surface area contributed by atoms with Crippen LogP contribution in [0.25, 0.3) is 0 Å². The summed E-state index contributed by atoms with van der Waals surface area (Å²) in [4.78, 5) is 11.6. The summed E-state index contributed by atoms with van der Waals surface area (Å²) in [6, 6.07) is 0. The maximum Gasteiger partial charge on any atom is 0.313 e. The van der Waals surface area contributed by atoms with Crippen LogP contribution in [-0.4, -0.2) is 17.9 Å². The SMILES string of the molecule is CCC=CCC=CCC=CCCCCCCCCC(C=S)C(=O)OCC. The molecule has 0 saturated carbocycles. The van der Waals surface area contributed by atoms with Gasteiger partial charge in [-0.25, -0.2) is 0 Å². The Kier molecular flexibility index (Phi) is 19.2. The van der Waals surface area contributed by atoms with Crippen LogP contribution in [-0.2, 0) is 9.53 Å². The van der Waals surface area contributed by atoms with E-state index in [1.807, 2.05) is 6.92 Å². The van der Waals surface area contributed by atoms with Crippen LogP contribution in [0.15, 0.2) is 36.5 Å². The normalized spacial score (nSPS) is 13.0. The average molecular weight is 379 g/mol. The Hall–Kier alpha value is -1.22. The van der Waals surface area contributed by atoms with Crippen LogP contribution >= 0.6 is 12.2 Å². The van der Waals surface area contributed by atoms with Gasteiger partial charge in [-0.05, 0) is 50.8 Å². The van der Waals surface area contributed by atoms with E-state index in [-0.39, 0.29) is 11.9 Å². The van der Waals surface area contributed by atoms with Crippen LogP contribution in [0.1, 0.15) is 84.5 Å². The zero-order chi connectivity index (χ0) is 19.3. The molecular weight excluding hydrogens is 340 g/mol. The average Bonchev–Trinajstić information content (AvgIpc) is 2.64. The van der Waals surface area contributed by atoms with Crippen molar-refractivity contribution in [3.63, 3.8) is 0 Å². The molecule has 0 radical (unpaired) electrons. The molecular formula is C23H38O2S. The number of thiocarbonyl (C=S) groups is 1. The van der Waals surface area contributed by atoms with E-state index < -0.39 is 0 Å². The molecule has 148 valence electrons. The van der Waals surface area contributed by atoms with Gasteiger partial charge in [0.05, 0.1) is 12.5 Å². The van der Waals surface area contributed by atoms with Gasteiger partial charge in [0.15, 0.2) is 0 Å². The van der Waals surface area contributed by atoms with Crippen LogP contribution in [0.2, 0.25) is 0 Å². The van der Waals surface area contributed by atoms with Gasteiger partial charge in [0, 0.05) is 0 Å². The van der Waals surface area contributed by atoms with Gasteiger partial charge < -0.3 is 4.74 Å². The third kappa shape index (κ3) is 16.3. The van der Waals surface area contributed by atoms with Gasteiger partial charge in [-0.3, -0.25) is 4.79 Å². The minimum absolute atomic E-state index is 0.165. The highest BCUT2D eigenvalue weighted by Gasteiger charge is 2.15. The lowest BCUT2D eigenvalue weighted by molar-refractivity contribution is -0.145. The molecule has 0 aromatic carbocycles. The monoisotopic (exact) mass is 378 g/mol. The molecule has 0 aliphatic rings. The van der Waals surface area contributed by atoms with Crippen molar-refractivity contribution in [1.29, 1.82) is 0 Å².